The fraction of sp³-hybridized carbons (Fsp3) is 0.261. The highest BCUT2D eigenvalue weighted by atomic mass is 16.5. The average molecular weight is 359 g/mol. The van der Waals surface area contributed by atoms with Crippen LogP contribution < -0.4 is 26.0 Å². The number of H-pyrrole nitrogens is 2. The van der Waals surface area contributed by atoms with Gasteiger partial charge in [-0.25, -0.2) is 4.99 Å². The quantitative estimate of drug-likeness (QED) is 0.651. The number of nitrogens with one attached hydrogen (secondary N) is 2. The van der Waals surface area contributed by atoms with Crippen molar-refractivity contribution in [3.63, 3.8) is 0 Å². The standard InChI is InChI=1S/C23H25N3O/c1-3-4-5-9-17-11-12-18(24-17)14-22-23(27-2)15-21(26-22)20-13-16-8-6-7-10-19(16)25-20/h6-8,10-15,24,26H,3-5,9H2,1-2H3/b21-20+,22-14-. The van der Waals surface area contributed by atoms with Crippen molar-refractivity contribution in [3.8, 4) is 5.75 Å². The molecule has 0 saturated heterocycles. The first-order valence-electron chi connectivity index (χ1n) is 9.59. The molecule has 0 aliphatic carbocycles. The molecule has 1 aliphatic heterocycles. The fourth-order valence-electron chi connectivity index (χ4n) is 3.43. The molecule has 4 rings (SSSR count). The van der Waals surface area contributed by atoms with Gasteiger partial charge < -0.3 is 14.7 Å². The Morgan fingerprint density at radius 2 is 1.96 bits per heavy atom. The Hall–Kier alpha value is -3.01. The second-order valence-corrected chi connectivity index (χ2v) is 6.91. The number of para-hydroxylation sites is 1. The van der Waals surface area contributed by atoms with Crippen molar-refractivity contribution >= 4 is 17.8 Å². The number of aromatic amines is 2. The van der Waals surface area contributed by atoms with Crippen LogP contribution in [0.1, 0.15) is 37.6 Å². The van der Waals surface area contributed by atoms with Crippen LogP contribution in [-0.2, 0) is 6.42 Å². The SMILES string of the molecule is CCCCCc1ccc(/C=c2\[nH]/c(=C3\C=c4ccccc4=N3)cc2OC)[nH]1. The molecule has 2 N–H and O–H groups in total. The Morgan fingerprint density at radius 3 is 2.78 bits per heavy atom. The third-order valence-corrected chi connectivity index (χ3v) is 4.89. The molecule has 1 aliphatic rings. The zero-order valence-corrected chi connectivity index (χ0v) is 15.9. The summed E-state index contributed by atoms with van der Waals surface area (Å²) < 4.78 is 5.58. The number of methoxy groups -OCH3 is 1. The van der Waals surface area contributed by atoms with E-state index in [1.54, 1.807) is 7.11 Å². The molecule has 4 heteroatoms. The highest BCUT2D eigenvalue weighted by molar-refractivity contribution is 5.76. The first kappa shape index (κ1) is 17.4. The first-order valence-corrected chi connectivity index (χ1v) is 9.59. The van der Waals surface area contributed by atoms with Crippen molar-refractivity contribution in [2.75, 3.05) is 7.11 Å². The monoisotopic (exact) mass is 359 g/mol. The van der Waals surface area contributed by atoms with Crippen LogP contribution in [0.2, 0.25) is 0 Å². The van der Waals surface area contributed by atoms with E-state index in [1.165, 1.54) is 25.0 Å². The lowest BCUT2D eigenvalue weighted by Gasteiger charge is -1.96. The third-order valence-electron chi connectivity index (χ3n) is 4.89. The van der Waals surface area contributed by atoms with Crippen LogP contribution in [0, 0.1) is 0 Å². The van der Waals surface area contributed by atoms with Gasteiger partial charge >= 0.3 is 0 Å². The minimum absolute atomic E-state index is 0.819. The Morgan fingerprint density at radius 1 is 1.07 bits per heavy atom. The van der Waals surface area contributed by atoms with Gasteiger partial charge in [0.2, 0.25) is 0 Å². The molecule has 0 unspecified atom stereocenters. The maximum Gasteiger partial charge on any atom is 0.144 e. The number of fused-ring (bicyclic) bond motifs is 1. The maximum atomic E-state index is 5.58. The molecule has 138 valence electrons. The highest BCUT2D eigenvalue weighted by Gasteiger charge is 2.06. The van der Waals surface area contributed by atoms with Crippen LogP contribution in [0.5, 0.6) is 5.75 Å². The summed E-state index contributed by atoms with van der Waals surface area (Å²) in [5.74, 6) is 0.819. The van der Waals surface area contributed by atoms with Gasteiger partial charge in [-0.2, -0.15) is 0 Å². The molecule has 0 spiro atoms. The molecule has 0 radical (unpaired) electrons. The van der Waals surface area contributed by atoms with Crippen LogP contribution in [-0.4, -0.2) is 17.1 Å². The van der Waals surface area contributed by atoms with Crippen molar-refractivity contribution in [1.82, 2.24) is 9.97 Å². The summed E-state index contributed by atoms with van der Waals surface area (Å²) in [4.78, 5) is 11.7. The number of nitrogens with zero attached hydrogens (tertiary/aromatic N) is 1. The third kappa shape index (κ3) is 3.75. The lowest BCUT2D eigenvalue weighted by atomic mass is 10.2. The Labute approximate surface area is 158 Å². The number of rotatable bonds is 6. The van der Waals surface area contributed by atoms with E-state index in [1.807, 2.05) is 24.3 Å². The topological polar surface area (TPSA) is 53.2 Å². The van der Waals surface area contributed by atoms with Gasteiger partial charge in [0.1, 0.15) is 5.75 Å². The van der Waals surface area contributed by atoms with Crippen LogP contribution in [0.15, 0.2) is 47.5 Å². The summed E-state index contributed by atoms with van der Waals surface area (Å²) in [6, 6.07) is 14.5. The summed E-state index contributed by atoms with van der Waals surface area (Å²) in [5, 5.41) is 4.06. The van der Waals surface area contributed by atoms with Gasteiger partial charge in [0.05, 0.1) is 28.9 Å². The van der Waals surface area contributed by atoms with Gasteiger partial charge in [-0.1, -0.05) is 38.0 Å². The summed E-state index contributed by atoms with van der Waals surface area (Å²) in [7, 11) is 1.70. The van der Waals surface area contributed by atoms with Crippen molar-refractivity contribution in [2.24, 2.45) is 4.99 Å². The second kappa shape index (κ2) is 7.70. The van der Waals surface area contributed by atoms with E-state index >= 15 is 0 Å². The lowest BCUT2D eigenvalue weighted by Crippen LogP contribution is -2.19. The normalized spacial score (nSPS) is 15.4. The van der Waals surface area contributed by atoms with E-state index in [4.69, 9.17) is 9.73 Å². The average Bonchev–Trinajstić information content (AvgIpc) is 3.40. The minimum atomic E-state index is 0.819. The summed E-state index contributed by atoms with van der Waals surface area (Å²) in [6.07, 6.45) is 9.03. The molecule has 1 aromatic carbocycles. The Kier molecular flexibility index (Phi) is 4.97. The minimum Gasteiger partial charge on any atom is -0.494 e. The van der Waals surface area contributed by atoms with Crippen LogP contribution in [0.25, 0.3) is 17.8 Å². The number of ether oxygens (including phenoxy) is 1. The molecule has 0 fully saturated rings. The van der Waals surface area contributed by atoms with Crippen LogP contribution >= 0.6 is 0 Å². The molecule has 0 bridgehead atoms. The molecule has 0 saturated carbocycles. The van der Waals surface area contributed by atoms with Gasteiger partial charge in [-0.05, 0) is 43.2 Å². The zero-order valence-electron chi connectivity index (χ0n) is 15.9. The van der Waals surface area contributed by atoms with Gasteiger partial charge in [0.25, 0.3) is 0 Å². The Bertz CT molecular complexity index is 1140. The molecule has 2 aromatic heterocycles. The summed E-state index contributed by atoms with van der Waals surface area (Å²) in [5.41, 5.74) is 3.29. The van der Waals surface area contributed by atoms with Gasteiger partial charge in [0, 0.05) is 22.7 Å². The number of benzene rings is 1. The molecular formula is C23H25N3O. The van der Waals surface area contributed by atoms with Crippen molar-refractivity contribution < 1.29 is 4.74 Å². The molecule has 27 heavy (non-hydrogen) atoms. The predicted molar refractivity (Wildman–Crippen MR) is 109 cm³/mol. The zero-order chi connectivity index (χ0) is 18.6. The van der Waals surface area contributed by atoms with E-state index in [0.29, 0.717) is 0 Å². The van der Waals surface area contributed by atoms with E-state index < -0.39 is 0 Å². The number of unbranched alkanes of at least 4 members (excludes halogenated alkanes) is 2. The van der Waals surface area contributed by atoms with Crippen molar-refractivity contribution in [1.29, 1.82) is 0 Å². The van der Waals surface area contributed by atoms with Crippen molar-refractivity contribution in [2.45, 2.75) is 32.6 Å². The summed E-state index contributed by atoms with van der Waals surface area (Å²) >= 11 is 0. The fourth-order valence-corrected chi connectivity index (χ4v) is 3.43. The van der Waals surface area contributed by atoms with E-state index in [2.05, 4.69) is 47.2 Å². The smallest absolute Gasteiger partial charge is 0.144 e. The number of aromatic nitrogens is 2. The van der Waals surface area contributed by atoms with E-state index in [9.17, 15) is 0 Å². The number of hydrogen-bond acceptors (Lipinski definition) is 2. The van der Waals surface area contributed by atoms with E-state index in [0.717, 1.165) is 44.8 Å². The number of aryl methyl sites for hydroxylation is 1. The molecular weight excluding hydrogens is 334 g/mol. The molecule has 4 nitrogen and oxygen atoms in total. The molecule has 0 amide bonds. The van der Waals surface area contributed by atoms with Crippen LogP contribution in [0.3, 0.4) is 0 Å². The van der Waals surface area contributed by atoms with Gasteiger partial charge in [-0.3, -0.25) is 0 Å². The first-order chi connectivity index (χ1) is 13.3. The van der Waals surface area contributed by atoms with Gasteiger partial charge in [-0.15, -0.1) is 0 Å². The van der Waals surface area contributed by atoms with Gasteiger partial charge in [0.15, 0.2) is 0 Å². The predicted octanol–water partition coefficient (Wildman–Crippen LogP) is 2.13. The summed E-state index contributed by atoms with van der Waals surface area (Å²) in [6.45, 7) is 2.23. The Balaban J connectivity index is 1.70. The lowest BCUT2D eigenvalue weighted by molar-refractivity contribution is 0.412. The highest BCUT2D eigenvalue weighted by Crippen LogP contribution is 2.09. The van der Waals surface area contributed by atoms with Crippen molar-refractivity contribution in [3.05, 3.63) is 75.1 Å². The molecule has 3 aromatic rings. The largest absolute Gasteiger partial charge is 0.494 e. The number of hydrogen-bond donors (Lipinski definition) is 2. The maximum absolute atomic E-state index is 5.58. The van der Waals surface area contributed by atoms with Crippen LogP contribution in [0.4, 0.5) is 0 Å². The molecule has 0 atom stereocenters. The second-order valence-electron chi connectivity index (χ2n) is 6.91. The van der Waals surface area contributed by atoms with E-state index in [-0.39, 0.29) is 0 Å². The molecule has 3 heterocycles.